The molecule has 4 aromatic carbocycles. The number of ether oxygens (including phenoxy) is 3. The maximum Gasteiger partial charge on any atom is 0.161 e. The van der Waals surface area contributed by atoms with E-state index in [4.69, 9.17) is 19.9 Å². The third-order valence-electron chi connectivity index (χ3n) is 12.9. The van der Waals surface area contributed by atoms with Crippen molar-refractivity contribution in [1.29, 1.82) is 0 Å². The van der Waals surface area contributed by atoms with Crippen molar-refractivity contribution in [2.24, 2.45) is 5.73 Å². The molecule has 0 aliphatic carbocycles. The highest BCUT2D eigenvalue weighted by molar-refractivity contribution is 5.88. The fraction of sp³-hybridized carbons (Fsp3) is 0.412. The minimum absolute atomic E-state index is 0.0877. The number of nitrogens with one attached hydrogen (secondary N) is 2. The van der Waals surface area contributed by atoms with Crippen LogP contribution in [0.3, 0.4) is 0 Å². The zero-order valence-corrected chi connectivity index (χ0v) is 35.5. The van der Waals surface area contributed by atoms with Crippen molar-refractivity contribution in [1.82, 2.24) is 15.2 Å². The fourth-order valence-corrected chi connectivity index (χ4v) is 9.44. The lowest BCUT2D eigenvalue weighted by Gasteiger charge is -2.39. The lowest BCUT2D eigenvalue weighted by Crippen LogP contribution is -2.44. The van der Waals surface area contributed by atoms with E-state index in [1.165, 1.54) is 16.7 Å². The summed E-state index contributed by atoms with van der Waals surface area (Å²) in [5.74, 6) is 1.67. The number of aromatic hydroxyl groups is 2. The molecule has 8 rings (SSSR count). The number of hydrogen-bond donors (Lipinski definition) is 6. The van der Waals surface area contributed by atoms with E-state index in [9.17, 15) is 15.3 Å². The van der Waals surface area contributed by atoms with Crippen LogP contribution in [0.5, 0.6) is 17.2 Å². The molecule has 3 aliphatic heterocycles. The standard InChI is InChI=1S/C51H62N4O6/c1-53-30-37-26-40-34-60-45(12-8-3-2-5-9-35-13-17-43(56)18-14-35)29-44(57)19-15-36-16-20-47(58)48(25-36)61-33-39-28-42(27-38-31-55(32-46(38)39)50(40)54-49(37)52)51(21-23-59-24-22-51)41-10-6-4-7-11-41/h4,6-7,10-11,13-14,16-18,20,25-28,31-32,44-45,49,53-54,56-58H,2-3,5,8-9,12,15,19,21-24,29-30,33-34,52H2,1H3/t44-,45+,49?/m1/s1. The average molecular weight is 827 g/mol. The zero-order valence-electron chi connectivity index (χ0n) is 35.5. The number of fused-ring (bicyclic) bond motifs is 4. The highest BCUT2D eigenvalue weighted by atomic mass is 16.5. The van der Waals surface area contributed by atoms with Gasteiger partial charge in [0.2, 0.25) is 0 Å². The van der Waals surface area contributed by atoms with Gasteiger partial charge < -0.3 is 50.5 Å². The van der Waals surface area contributed by atoms with E-state index < -0.39 is 12.3 Å². The predicted molar refractivity (Wildman–Crippen MR) is 242 cm³/mol. The van der Waals surface area contributed by atoms with E-state index >= 15 is 0 Å². The molecule has 4 bridgehead atoms. The third-order valence-corrected chi connectivity index (χ3v) is 12.9. The number of dihydropyridines is 1. The number of phenols is 2. The Morgan fingerprint density at radius 3 is 2.49 bits per heavy atom. The van der Waals surface area contributed by atoms with Crippen molar-refractivity contribution < 1.29 is 29.5 Å². The summed E-state index contributed by atoms with van der Waals surface area (Å²) in [6.07, 6.45) is 14.9. The second kappa shape index (κ2) is 19.7. The Hall–Kier alpha value is -5.10. The highest BCUT2D eigenvalue weighted by Gasteiger charge is 2.37. The van der Waals surface area contributed by atoms with E-state index in [1.54, 1.807) is 18.2 Å². The van der Waals surface area contributed by atoms with E-state index in [-0.39, 0.29) is 23.9 Å². The second-order valence-electron chi connectivity index (χ2n) is 17.2. The van der Waals surface area contributed by atoms with E-state index in [0.717, 1.165) is 90.2 Å². The van der Waals surface area contributed by atoms with Crippen molar-refractivity contribution in [3.05, 3.63) is 142 Å². The van der Waals surface area contributed by atoms with Crippen LogP contribution in [-0.2, 0) is 34.3 Å². The van der Waals surface area contributed by atoms with Crippen LogP contribution in [0.1, 0.15) is 85.6 Å². The van der Waals surface area contributed by atoms with Gasteiger partial charge in [0.25, 0.3) is 0 Å². The molecular weight excluding hydrogens is 765 g/mol. The Morgan fingerprint density at radius 1 is 0.885 bits per heavy atom. The zero-order chi connectivity index (χ0) is 42.2. The smallest absolute Gasteiger partial charge is 0.161 e. The van der Waals surface area contributed by atoms with Crippen LogP contribution in [-0.4, -0.2) is 71.7 Å². The molecule has 10 heteroatoms. The molecule has 3 aliphatic rings. The van der Waals surface area contributed by atoms with Gasteiger partial charge in [-0.2, -0.15) is 0 Å². The number of unbranched alkanes of at least 4 members (excludes halogenated alkanes) is 3. The Labute approximate surface area is 360 Å². The molecule has 4 heterocycles. The van der Waals surface area contributed by atoms with Gasteiger partial charge in [0.1, 0.15) is 18.2 Å². The lowest BCUT2D eigenvalue weighted by molar-refractivity contribution is 0.0170. The summed E-state index contributed by atoms with van der Waals surface area (Å²) in [6, 6.07) is 28.4. The van der Waals surface area contributed by atoms with Crippen LogP contribution in [0.15, 0.2) is 115 Å². The minimum Gasteiger partial charge on any atom is -0.508 e. The van der Waals surface area contributed by atoms with E-state index in [2.05, 4.69) is 76.1 Å². The average Bonchev–Trinajstić information content (AvgIpc) is 3.72. The molecule has 0 saturated carbocycles. The third kappa shape index (κ3) is 10.2. The van der Waals surface area contributed by atoms with Crippen LogP contribution >= 0.6 is 0 Å². The topological polar surface area (TPSA) is 143 Å². The van der Waals surface area contributed by atoms with E-state index in [1.807, 2.05) is 31.3 Å². The van der Waals surface area contributed by atoms with Gasteiger partial charge in [-0.3, -0.25) is 0 Å². The number of aromatic nitrogens is 1. The molecule has 1 fully saturated rings. The van der Waals surface area contributed by atoms with Crippen LogP contribution in [0, 0.1) is 0 Å². The van der Waals surface area contributed by atoms with Crippen LogP contribution in [0.4, 0.5) is 0 Å². The van der Waals surface area contributed by atoms with Crippen molar-refractivity contribution in [3.63, 3.8) is 0 Å². The van der Waals surface area contributed by atoms with Crippen LogP contribution in [0.25, 0.3) is 16.6 Å². The lowest BCUT2D eigenvalue weighted by atomic mass is 9.68. The van der Waals surface area contributed by atoms with Gasteiger partial charge in [-0.1, -0.05) is 73.9 Å². The number of nitrogens with zero attached hydrogens (tertiary/aromatic N) is 1. The molecule has 1 aromatic heterocycles. The molecule has 0 radical (unpaired) electrons. The highest BCUT2D eigenvalue weighted by Crippen LogP contribution is 2.43. The molecule has 61 heavy (non-hydrogen) atoms. The Bertz CT molecular complexity index is 2300. The number of aliphatic hydroxyl groups is 1. The van der Waals surface area contributed by atoms with Crippen molar-refractivity contribution in [2.75, 3.05) is 33.4 Å². The van der Waals surface area contributed by atoms with Gasteiger partial charge in [-0.25, -0.2) is 0 Å². The van der Waals surface area contributed by atoms with Gasteiger partial charge in [0.15, 0.2) is 11.5 Å². The molecular formula is C51H62N4O6. The summed E-state index contributed by atoms with van der Waals surface area (Å²) in [5.41, 5.74) is 14.3. The largest absolute Gasteiger partial charge is 0.508 e. The summed E-state index contributed by atoms with van der Waals surface area (Å²) in [5, 5.41) is 41.2. The van der Waals surface area contributed by atoms with Gasteiger partial charge >= 0.3 is 0 Å². The van der Waals surface area contributed by atoms with Gasteiger partial charge in [-0.15, -0.1) is 0 Å². The molecule has 5 aromatic rings. The number of aryl methyl sites for hydroxylation is 2. The summed E-state index contributed by atoms with van der Waals surface area (Å²) < 4.78 is 21.5. The maximum absolute atomic E-state index is 11.5. The molecule has 3 atom stereocenters. The number of nitrogens with two attached hydrogens (primary N) is 1. The first-order valence-electron chi connectivity index (χ1n) is 22.2. The van der Waals surface area contributed by atoms with Gasteiger partial charge in [0.05, 0.1) is 25.0 Å². The normalized spacial score (nSPS) is 20.9. The van der Waals surface area contributed by atoms with Gasteiger partial charge in [0, 0.05) is 53.9 Å². The van der Waals surface area contributed by atoms with Crippen LogP contribution in [0.2, 0.25) is 0 Å². The number of likely N-dealkylation sites (N-methyl/N-ethyl adjacent to an activating group) is 1. The van der Waals surface area contributed by atoms with Crippen molar-refractivity contribution in [3.8, 4) is 17.2 Å². The second-order valence-corrected chi connectivity index (χ2v) is 17.2. The summed E-state index contributed by atoms with van der Waals surface area (Å²) in [7, 11) is 1.93. The first kappa shape index (κ1) is 42.6. The predicted octanol–water partition coefficient (Wildman–Crippen LogP) is 8.21. The Morgan fingerprint density at radius 2 is 1.69 bits per heavy atom. The quantitative estimate of drug-likeness (QED) is 0.0727. The summed E-state index contributed by atoms with van der Waals surface area (Å²) in [6.45, 7) is 2.59. The SMILES string of the molecule is CNCC1=CC2=C(NC1N)n1cc3cc(C4(c5ccccc5)CCOCC4)cc(c3c1)COc1cc(ccc1O)CC[C@@H](O)C[C@H](CCCCCCc1ccc(O)cc1)OC2. The molecule has 7 N–H and O–H groups in total. The molecule has 0 amide bonds. The minimum atomic E-state index is -0.567. The van der Waals surface area contributed by atoms with Crippen molar-refractivity contribution in [2.45, 2.75) is 101 Å². The summed E-state index contributed by atoms with van der Waals surface area (Å²) >= 11 is 0. The number of benzene rings is 4. The fourth-order valence-electron chi connectivity index (χ4n) is 9.44. The molecule has 10 nitrogen and oxygen atoms in total. The molecule has 1 unspecified atom stereocenters. The molecule has 1 saturated heterocycles. The van der Waals surface area contributed by atoms with Gasteiger partial charge in [-0.05, 0) is 128 Å². The molecule has 322 valence electrons. The number of rotatable bonds is 11. The number of aliphatic hydroxyl groups excluding tert-OH is 1. The monoisotopic (exact) mass is 826 g/mol. The molecule has 0 spiro atoms. The maximum atomic E-state index is 11.5. The Kier molecular flexibility index (Phi) is 13.8. The van der Waals surface area contributed by atoms with Crippen LogP contribution < -0.4 is 21.1 Å². The first-order chi connectivity index (χ1) is 29.8. The van der Waals surface area contributed by atoms with Crippen molar-refractivity contribution >= 4 is 16.6 Å². The number of phenolic OH excluding ortho intramolecular Hbond substituents is 2. The Balaban J connectivity index is 1.15. The first-order valence-corrected chi connectivity index (χ1v) is 22.2. The summed E-state index contributed by atoms with van der Waals surface area (Å²) in [4.78, 5) is 0. The van der Waals surface area contributed by atoms with E-state index in [0.29, 0.717) is 57.1 Å². The number of hydrogen-bond acceptors (Lipinski definition) is 9.